The molecule has 0 atom stereocenters. The summed E-state index contributed by atoms with van der Waals surface area (Å²) in [5.74, 6) is -0.930. The number of nitrogens with two attached hydrogens (primary N) is 1. The van der Waals surface area contributed by atoms with E-state index in [4.69, 9.17) is 5.73 Å². The highest BCUT2D eigenvalue weighted by Gasteiger charge is 2.33. The van der Waals surface area contributed by atoms with Crippen LogP contribution >= 0.6 is 0 Å². The van der Waals surface area contributed by atoms with Crippen LogP contribution in [-0.2, 0) is 0 Å². The minimum absolute atomic E-state index is 0.620. The minimum atomic E-state index is -4.99. The average Bonchev–Trinajstić information content (AvgIpc) is 2.05. The van der Waals surface area contributed by atoms with Gasteiger partial charge in [0, 0.05) is 6.20 Å². The number of nitrogens with zero attached hydrogens (tertiary/aromatic N) is 1. The Balaban J connectivity index is 3.05. The molecule has 0 aliphatic heterocycles. The smallest absolute Gasteiger partial charge is 0.402 e. The Morgan fingerprint density at radius 3 is 2.33 bits per heavy atom. The van der Waals surface area contributed by atoms with Crippen molar-refractivity contribution in [2.24, 2.45) is 0 Å². The lowest BCUT2D eigenvalue weighted by molar-refractivity contribution is -0.274. The van der Waals surface area contributed by atoms with Crippen LogP contribution in [0, 0.1) is 0 Å². The third-order valence-electron chi connectivity index (χ3n) is 1.44. The summed E-state index contributed by atoms with van der Waals surface area (Å²) in [5, 5.41) is 0. The second-order valence-corrected chi connectivity index (χ2v) is 2.49. The Bertz CT molecular complexity index is 352. The number of ether oxygens (including phenoxy) is 1. The summed E-state index contributed by atoms with van der Waals surface area (Å²) in [6.07, 6.45) is -6.69. The highest BCUT2D eigenvalue weighted by molar-refractivity contribution is 5.57. The van der Waals surface area contributed by atoms with Gasteiger partial charge < -0.3 is 10.5 Å². The van der Waals surface area contributed by atoms with Gasteiger partial charge in [0.25, 0.3) is 6.43 Å². The normalized spacial score (nSPS) is 11.9. The van der Waals surface area contributed by atoms with Gasteiger partial charge in [-0.25, -0.2) is 8.78 Å². The molecule has 0 saturated carbocycles. The summed E-state index contributed by atoms with van der Waals surface area (Å²) in [5.41, 5.74) is 3.49. The van der Waals surface area contributed by atoms with Gasteiger partial charge in [0.2, 0.25) is 0 Å². The molecule has 1 heterocycles. The van der Waals surface area contributed by atoms with E-state index in [9.17, 15) is 22.0 Å². The molecule has 0 radical (unpaired) electrons. The predicted octanol–water partition coefficient (Wildman–Crippen LogP) is 2.50. The fourth-order valence-corrected chi connectivity index (χ4v) is 0.847. The van der Waals surface area contributed by atoms with Crippen molar-refractivity contribution in [2.75, 3.05) is 5.73 Å². The minimum Gasteiger partial charge on any atom is -0.402 e. The molecule has 84 valence electrons. The molecule has 1 aromatic heterocycles. The van der Waals surface area contributed by atoms with Crippen molar-refractivity contribution in [1.82, 2.24) is 4.98 Å². The summed E-state index contributed by atoms with van der Waals surface area (Å²) in [7, 11) is 0. The molecule has 15 heavy (non-hydrogen) atoms. The zero-order valence-corrected chi connectivity index (χ0v) is 7.05. The number of alkyl halides is 5. The molecular weight excluding hydrogens is 223 g/mol. The number of rotatable bonds is 2. The topological polar surface area (TPSA) is 48.1 Å². The van der Waals surface area contributed by atoms with Gasteiger partial charge in [-0.15, -0.1) is 13.2 Å². The molecule has 0 aliphatic carbocycles. The molecule has 8 heteroatoms. The zero-order valence-electron chi connectivity index (χ0n) is 7.05. The van der Waals surface area contributed by atoms with Gasteiger partial charge >= 0.3 is 6.36 Å². The average molecular weight is 228 g/mol. The standard InChI is InChI=1S/C7H5F5N2O/c8-6(9)3-1-14-2-4(5(3)13)15-7(10,11)12/h1-2,6H,(H2,13,14). The van der Waals surface area contributed by atoms with Crippen LogP contribution in [0.1, 0.15) is 12.0 Å². The van der Waals surface area contributed by atoms with E-state index in [0.717, 1.165) is 0 Å². The highest BCUT2D eigenvalue weighted by atomic mass is 19.4. The van der Waals surface area contributed by atoms with E-state index in [2.05, 4.69) is 9.72 Å². The molecule has 0 aromatic carbocycles. The maximum Gasteiger partial charge on any atom is 0.573 e. The van der Waals surface area contributed by atoms with Gasteiger partial charge in [0.1, 0.15) is 0 Å². The van der Waals surface area contributed by atoms with Crippen LogP contribution < -0.4 is 10.5 Å². The second-order valence-electron chi connectivity index (χ2n) is 2.49. The van der Waals surface area contributed by atoms with Crippen LogP contribution in [-0.4, -0.2) is 11.3 Å². The van der Waals surface area contributed by atoms with Gasteiger partial charge in [-0.1, -0.05) is 0 Å². The quantitative estimate of drug-likeness (QED) is 0.791. The van der Waals surface area contributed by atoms with Crippen LogP contribution in [0.25, 0.3) is 0 Å². The first-order valence-corrected chi connectivity index (χ1v) is 3.58. The highest BCUT2D eigenvalue weighted by Crippen LogP contribution is 2.33. The fraction of sp³-hybridized carbons (Fsp3) is 0.286. The maximum atomic E-state index is 12.2. The number of aromatic nitrogens is 1. The summed E-state index contributed by atoms with van der Waals surface area (Å²) in [6.45, 7) is 0. The zero-order chi connectivity index (χ0) is 11.6. The maximum absolute atomic E-state index is 12.2. The van der Waals surface area contributed by atoms with Crippen molar-refractivity contribution >= 4 is 5.69 Å². The molecule has 0 amide bonds. The third kappa shape index (κ3) is 2.93. The molecule has 3 nitrogen and oxygen atoms in total. The Kier molecular flexibility index (Phi) is 2.96. The van der Waals surface area contributed by atoms with Gasteiger partial charge in [0.05, 0.1) is 17.4 Å². The van der Waals surface area contributed by atoms with E-state index < -0.39 is 29.8 Å². The van der Waals surface area contributed by atoms with Crippen LogP contribution in [0.2, 0.25) is 0 Å². The Labute approximate surface area is 80.7 Å². The van der Waals surface area contributed by atoms with Crippen molar-refractivity contribution in [2.45, 2.75) is 12.8 Å². The molecule has 1 rings (SSSR count). The van der Waals surface area contributed by atoms with E-state index in [1.807, 2.05) is 0 Å². The number of anilines is 1. The Hall–Kier alpha value is -1.60. The molecule has 1 aromatic rings. The molecule has 0 unspecified atom stereocenters. The monoisotopic (exact) mass is 228 g/mol. The van der Waals surface area contributed by atoms with Gasteiger partial charge in [-0.3, -0.25) is 4.98 Å². The van der Waals surface area contributed by atoms with E-state index in [0.29, 0.717) is 12.4 Å². The molecular formula is C7H5F5N2O. The molecule has 0 bridgehead atoms. The number of nitrogen functional groups attached to an aromatic ring is 1. The van der Waals surface area contributed by atoms with Crippen molar-refractivity contribution < 1.29 is 26.7 Å². The van der Waals surface area contributed by atoms with Crippen LogP contribution in [0.15, 0.2) is 12.4 Å². The van der Waals surface area contributed by atoms with Crippen molar-refractivity contribution in [3.63, 3.8) is 0 Å². The first-order chi connectivity index (χ1) is 6.81. The fourth-order valence-electron chi connectivity index (χ4n) is 0.847. The van der Waals surface area contributed by atoms with Crippen molar-refractivity contribution in [3.8, 4) is 5.75 Å². The van der Waals surface area contributed by atoms with E-state index >= 15 is 0 Å². The lowest BCUT2D eigenvalue weighted by atomic mass is 10.2. The van der Waals surface area contributed by atoms with E-state index in [1.165, 1.54) is 0 Å². The molecule has 0 saturated heterocycles. The number of pyridine rings is 1. The van der Waals surface area contributed by atoms with Crippen LogP contribution in [0.5, 0.6) is 5.75 Å². The SMILES string of the molecule is Nc1c(OC(F)(F)F)cncc1C(F)F. The molecule has 0 aliphatic rings. The lowest BCUT2D eigenvalue weighted by Gasteiger charge is -2.12. The first kappa shape index (κ1) is 11.5. The molecule has 2 N–H and O–H groups in total. The summed E-state index contributed by atoms with van der Waals surface area (Å²) in [4.78, 5) is 3.17. The van der Waals surface area contributed by atoms with Crippen molar-refractivity contribution in [3.05, 3.63) is 18.0 Å². The second kappa shape index (κ2) is 3.87. The first-order valence-electron chi connectivity index (χ1n) is 3.58. The van der Waals surface area contributed by atoms with Gasteiger partial charge in [0.15, 0.2) is 5.75 Å². The predicted molar refractivity (Wildman–Crippen MR) is 40.3 cm³/mol. The lowest BCUT2D eigenvalue weighted by Crippen LogP contribution is -2.18. The summed E-state index contributed by atoms with van der Waals surface area (Å²) >= 11 is 0. The molecule has 0 spiro atoms. The number of halogens is 5. The number of hydrogen-bond acceptors (Lipinski definition) is 3. The Morgan fingerprint density at radius 2 is 1.87 bits per heavy atom. The summed E-state index contributed by atoms with van der Waals surface area (Å²) < 4.78 is 63.1. The van der Waals surface area contributed by atoms with Crippen molar-refractivity contribution in [1.29, 1.82) is 0 Å². The van der Waals surface area contributed by atoms with E-state index in [-0.39, 0.29) is 0 Å². The summed E-state index contributed by atoms with van der Waals surface area (Å²) in [6, 6.07) is 0. The van der Waals surface area contributed by atoms with Gasteiger partial charge in [-0.2, -0.15) is 0 Å². The van der Waals surface area contributed by atoms with Crippen LogP contribution in [0.4, 0.5) is 27.6 Å². The largest absolute Gasteiger partial charge is 0.573 e. The van der Waals surface area contributed by atoms with Gasteiger partial charge in [-0.05, 0) is 0 Å². The van der Waals surface area contributed by atoms with E-state index in [1.54, 1.807) is 0 Å². The Morgan fingerprint density at radius 1 is 1.27 bits per heavy atom. The number of hydrogen-bond donors (Lipinski definition) is 1. The van der Waals surface area contributed by atoms with Crippen LogP contribution in [0.3, 0.4) is 0 Å². The molecule has 0 fully saturated rings. The third-order valence-corrected chi connectivity index (χ3v) is 1.44.